The molecule has 6 rings (SSSR count). The lowest BCUT2D eigenvalue weighted by Gasteiger charge is -2.52. The first-order valence-electron chi connectivity index (χ1n) is 9.81. The van der Waals surface area contributed by atoms with Crippen molar-refractivity contribution in [2.45, 2.75) is 69.6 Å². The molecule has 0 spiro atoms. The lowest BCUT2D eigenvalue weighted by Crippen LogP contribution is -2.47. The Morgan fingerprint density at radius 1 is 1.12 bits per heavy atom. The second-order valence-electron chi connectivity index (χ2n) is 8.74. The van der Waals surface area contributed by atoms with Gasteiger partial charge >= 0.3 is 0 Å². The van der Waals surface area contributed by atoms with Gasteiger partial charge in [-0.05, 0) is 81.4 Å². The lowest BCUT2D eigenvalue weighted by molar-refractivity contribution is 0.0322. The zero-order chi connectivity index (χ0) is 16.9. The van der Waals surface area contributed by atoms with Crippen molar-refractivity contribution < 1.29 is 4.52 Å². The van der Waals surface area contributed by atoms with E-state index in [2.05, 4.69) is 41.7 Å². The fourth-order valence-corrected chi connectivity index (χ4v) is 4.85. The quantitative estimate of drug-likeness (QED) is 0.838. The molecule has 1 N–H and O–H groups in total. The van der Waals surface area contributed by atoms with Crippen LogP contribution in [-0.4, -0.2) is 16.7 Å². The van der Waals surface area contributed by atoms with E-state index in [1.165, 1.54) is 62.6 Å². The number of aryl methyl sites for hydroxylation is 1. The summed E-state index contributed by atoms with van der Waals surface area (Å²) in [5.74, 6) is 2.49. The van der Waals surface area contributed by atoms with E-state index in [9.17, 15) is 0 Å². The van der Waals surface area contributed by atoms with Gasteiger partial charge in [0, 0.05) is 23.6 Å². The first-order valence-corrected chi connectivity index (χ1v) is 9.81. The van der Waals surface area contributed by atoms with Crippen LogP contribution in [0.4, 0.5) is 5.69 Å². The molecule has 4 heteroatoms. The van der Waals surface area contributed by atoms with Crippen LogP contribution in [0.25, 0.3) is 0 Å². The number of nitrogens with one attached hydrogen (secondary N) is 1. The highest BCUT2D eigenvalue weighted by molar-refractivity contribution is 5.45. The molecule has 4 saturated carbocycles. The van der Waals surface area contributed by atoms with Gasteiger partial charge in [-0.25, -0.2) is 0 Å². The minimum atomic E-state index is 0.172. The molecular formula is C21H27N3O. The van der Waals surface area contributed by atoms with Crippen molar-refractivity contribution in [1.82, 2.24) is 10.1 Å². The molecule has 0 radical (unpaired) electrons. The topological polar surface area (TPSA) is 51.0 Å². The molecule has 25 heavy (non-hydrogen) atoms. The van der Waals surface area contributed by atoms with Crippen LogP contribution < -0.4 is 5.32 Å². The van der Waals surface area contributed by atoms with Gasteiger partial charge in [-0.3, -0.25) is 0 Å². The third-order valence-electron chi connectivity index (χ3n) is 6.93. The Hall–Kier alpha value is -1.84. The average molecular weight is 337 g/mol. The average Bonchev–Trinajstić information content (AvgIpc) is 3.38. The van der Waals surface area contributed by atoms with Crippen LogP contribution in [0.15, 0.2) is 28.8 Å². The van der Waals surface area contributed by atoms with Crippen molar-refractivity contribution in [3.63, 3.8) is 0 Å². The SMILES string of the molecule is Cc1cccc(NCC23CCC(c4nc(C5CC5)no4)(CC2)CC3)c1. The van der Waals surface area contributed by atoms with Gasteiger partial charge in [0.2, 0.25) is 5.89 Å². The van der Waals surface area contributed by atoms with Crippen LogP contribution in [0.2, 0.25) is 0 Å². The number of benzene rings is 1. The monoisotopic (exact) mass is 337 g/mol. The van der Waals surface area contributed by atoms with E-state index >= 15 is 0 Å². The minimum Gasteiger partial charge on any atom is -0.384 e. The third kappa shape index (κ3) is 2.76. The van der Waals surface area contributed by atoms with E-state index in [0.717, 1.165) is 18.3 Å². The van der Waals surface area contributed by atoms with E-state index in [1.807, 2.05) is 0 Å². The highest BCUT2D eigenvalue weighted by Gasteiger charge is 2.52. The van der Waals surface area contributed by atoms with Crippen molar-refractivity contribution in [3.05, 3.63) is 41.5 Å². The van der Waals surface area contributed by atoms with Gasteiger partial charge in [-0.2, -0.15) is 4.98 Å². The maximum absolute atomic E-state index is 5.72. The summed E-state index contributed by atoms with van der Waals surface area (Å²) in [7, 11) is 0. The number of fused-ring (bicyclic) bond motifs is 3. The predicted octanol–water partition coefficient (Wildman–Crippen LogP) is 4.96. The predicted molar refractivity (Wildman–Crippen MR) is 97.8 cm³/mol. The Kier molecular flexibility index (Phi) is 3.44. The molecule has 4 nitrogen and oxygen atoms in total. The lowest BCUT2D eigenvalue weighted by atomic mass is 9.53. The molecule has 1 aromatic carbocycles. The summed E-state index contributed by atoms with van der Waals surface area (Å²) in [4.78, 5) is 4.80. The Morgan fingerprint density at radius 3 is 2.56 bits per heavy atom. The van der Waals surface area contributed by atoms with Crippen molar-refractivity contribution in [2.75, 3.05) is 11.9 Å². The summed E-state index contributed by atoms with van der Waals surface area (Å²) < 4.78 is 5.72. The fraction of sp³-hybridized carbons (Fsp3) is 0.619. The van der Waals surface area contributed by atoms with Crippen molar-refractivity contribution in [2.24, 2.45) is 5.41 Å². The smallest absolute Gasteiger partial charge is 0.232 e. The molecule has 2 aromatic rings. The highest BCUT2D eigenvalue weighted by atomic mass is 16.5. The largest absolute Gasteiger partial charge is 0.384 e. The molecule has 4 aliphatic rings. The van der Waals surface area contributed by atoms with E-state index in [4.69, 9.17) is 9.51 Å². The Labute approximate surface area is 149 Å². The van der Waals surface area contributed by atoms with E-state index in [-0.39, 0.29) is 5.41 Å². The van der Waals surface area contributed by atoms with E-state index < -0.39 is 0 Å². The van der Waals surface area contributed by atoms with E-state index in [1.54, 1.807) is 0 Å². The van der Waals surface area contributed by atoms with Crippen LogP contribution in [0.3, 0.4) is 0 Å². The summed E-state index contributed by atoms with van der Waals surface area (Å²) in [5.41, 5.74) is 3.19. The maximum Gasteiger partial charge on any atom is 0.232 e. The summed E-state index contributed by atoms with van der Waals surface area (Å²) >= 11 is 0. The van der Waals surface area contributed by atoms with E-state index in [0.29, 0.717) is 11.3 Å². The molecule has 0 saturated heterocycles. The Bertz CT molecular complexity index is 752. The fourth-order valence-electron chi connectivity index (χ4n) is 4.85. The first-order chi connectivity index (χ1) is 12.2. The molecule has 4 aliphatic carbocycles. The second-order valence-corrected chi connectivity index (χ2v) is 8.74. The molecule has 4 fully saturated rings. The molecule has 1 aromatic heterocycles. The van der Waals surface area contributed by atoms with Crippen LogP contribution >= 0.6 is 0 Å². The molecule has 1 heterocycles. The zero-order valence-corrected chi connectivity index (χ0v) is 15.1. The van der Waals surface area contributed by atoms with Gasteiger partial charge in [0.05, 0.1) is 0 Å². The summed E-state index contributed by atoms with van der Waals surface area (Å²) in [6, 6.07) is 8.70. The van der Waals surface area contributed by atoms with Crippen molar-refractivity contribution in [1.29, 1.82) is 0 Å². The van der Waals surface area contributed by atoms with Gasteiger partial charge in [0.15, 0.2) is 5.82 Å². The highest BCUT2D eigenvalue weighted by Crippen LogP contribution is 2.57. The number of hydrogen-bond donors (Lipinski definition) is 1. The molecule has 0 unspecified atom stereocenters. The van der Waals surface area contributed by atoms with Crippen LogP contribution in [0.5, 0.6) is 0 Å². The number of nitrogens with zero attached hydrogens (tertiary/aromatic N) is 2. The maximum atomic E-state index is 5.72. The van der Waals surface area contributed by atoms with Crippen LogP contribution in [0, 0.1) is 12.3 Å². The van der Waals surface area contributed by atoms with Crippen LogP contribution in [0.1, 0.15) is 74.6 Å². The van der Waals surface area contributed by atoms with Gasteiger partial charge in [0.1, 0.15) is 0 Å². The normalized spacial score (nSPS) is 31.2. The standard InChI is InChI=1S/C21H27N3O/c1-15-3-2-4-17(13-15)22-14-20-7-10-21(11-8-20,12-9-20)19-23-18(24-25-19)16-5-6-16/h2-4,13,16,22H,5-12,14H2,1H3. The zero-order valence-electron chi connectivity index (χ0n) is 15.1. The second kappa shape index (κ2) is 5.58. The Balaban J connectivity index is 1.26. The first kappa shape index (κ1) is 15.4. The number of rotatable bonds is 5. The van der Waals surface area contributed by atoms with Crippen molar-refractivity contribution >= 4 is 5.69 Å². The molecule has 2 bridgehead atoms. The van der Waals surface area contributed by atoms with Gasteiger partial charge in [-0.1, -0.05) is 17.3 Å². The number of anilines is 1. The van der Waals surface area contributed by atoms with Gasteiger partial charge in [0.25, 0.3) is 0 Å². The van der Waals surface area contributed by atoms with Crippen molar-refractivity contribution in [3.8, 4) is 0 Å². The third-order valence-corrected chi connectivity index (χ3v) is 6.93. The minimum absolute atomic E-state index is 0.172. The molecule has 132 valence electrons. The molecule has 0 amide bonds. The Morgan fingerprint density at radius 2 is 1.88 bits per heavy atom. The summed E-state index contributed by atoms with van der Waals surface area (Å²) in [5, 5.41) is 7.97. The van der Waals surface area contributed by atoms with Gasteiger partial charge in [-0.15, -0.1) is 0 Å². The number of aromatic nitrogens is 2. The molecule has 0 atom stereocenters. The molecule has 0 aliphatic heterocycles. The molecular weight excluding hydrogens is 310 g/mol. The number of hydrogen-bond acceptors (Lipinski definition) is 4. The van der Waals surface area contributed by atoms with Crippen LogP contribution in [-0.2, 0) is 5.41 Å². The van der Waals surface area contributed by atoms with Gasteiger partial charge < -0.3 is 9.84 Å². The summed E-state index contributed by atoms with van der Waals surface area (Å²) in [6.07, 6.45) is 9.89. The summed E-state index contributed by atoms with van der Waals surface area (Å²) in [6.45, 7) is 3.24.